The Hall–Kier alpha value is -0.830. The molecule has 0 bridgehead atoms. The summed E-state index contributed by atoms with van der Waals surface area (Å²) in [6.07, 6.45) is 0. The topological polar surface area (TPSA) is 57.9 Å². The molecule has 0 saturated carbocycles. The third kappa shape index (κ3) is 2.59. The van der Waals surface area contributed by atoms with Crippen LogP contribution in [0.4, 0.5) is 4.39 Å². The first-order valence-corrected chi connectivity index (χ1v) is 6.47. The van der Waals surface area contributed by atoms with E-state index in [-0.39, 0.29) is 17.0 Å². The van der Waals surface area contributed by atoms with E-state index in [0.29, 0.717) is 0 Å². The maximum Gasteiger partial charge on any atom is 0.262 e. The summed E-state index contributed by atoms with van der Waals surface area (Å²) in [6.45, 7) is 0. The van der Waals surface area contributed by atoms with Crippen LogP contribution in [0.15, 0.2) is 17.0 Å². The zero-order valence-electron chi connectivity index (χ0n) is 7.17. The van der Waals surface area contributed by atoms with Crippen molar-refractivity contribution >= 4 is 31.3 Å². The fraction of sp³-hybridized carbons (Fsp3) is 0.125. The number of hydrogen-bond donors (Lipinski definition) is 0. The molecule has 1 rings (SSSR count). The number of alkyl halides is 1. The minimum Gasteiger partial charge on any atom is -0.207 e. The zero-order valence-corrected chi connectivity index (χ0v) is 9.50. The average molecular weight is 268 g/mol. The van der Waals surface area contributed by atoms with Crippen molar-refractivity contribution in [3.05, 3.63) is 29.1 Å². The van der Waals surface area contributed by atoms with Crippen molar-refractivity contribution in [2.24, 2.45) is 0 Å². The molecule has 0 fully saturated rings. The molecule has 0 aliphatic carbocycles. The first kappa shape index (κ1) is 12.2. The molecule has 0 saturated heterocycles. The van der Waals surface area contributed by atoms with E-state index in [4.69, 9.17) is 27.5 Å². The van der Waals surface area contributed by atoms with Crippen LogP contribution in [0.3, 0.4) is 0 Å². The summed E-state index contributed by atoms with van der Waals surface area (Å²) in [7, 11) is 1.01. The summed E-state index contributed by atoms with van der Waals surface area (Å²) < 4.78 is 35.2. The van der Waals surface area contributed by atoms with E-state index in [1.807, 2.05) is 0 Å². The van der Waals surface area contributed by atoms with Gasteiger partial charge in [0.05, 0.1) is 11.4 Å². The molecule has 0 unspecified atom stereocenters. The molecule has 0 spiro atoms. The Labute approximate surface area is 95.5 Å². The van der Waals surface area contributed by atoms with Gasteiger partial charge in [-0.15, -0.1) is 11.6 Å². The number of nitrogens with zero attached hydrogens (tertiary/aromatic N) is 1. The van der Waals surface area contributed by atoms with Gasteiger partial charge < -0.3 is 0 Å². The monoisotopic (exact) mass is 267 g/mol. The Morgan fingerprint density at radius 3 is 2.47 bits per heavy atom. The van der Waals surface area contributed by atoms with Gasteiger partial charge in [0.1, 0.15) is 16.8 Å². The van der Waals surface area contributed by atoms with Crippen LogP contribution in [-0.4, -0.2) is 8.42 Å². The molecule has 0 atom stereocenters. The molecule has 0 radical (unpaired) electrons. The van der Waals surface area contributed by atoms with Crippen LogP contribution in [0.25, 0.3) is 0 Å². The van der Waals surface area contributed by atoms with E-state index in [9.17, 15) is 12.8 Å². The highest BCUT2D eigenvalue weighted by molar-refractivity contribution is 8.13. The lowest BCUT2D eigenvalue weighted by Crippen LogP contribution is -1.99. The summed E-state index contributed by atoms with van der Waals surface area (Å²) in [5.74, 6) is -0.928. The van der Waals surface area contributed by atoms with Crippen molar-refractivity contribution in [1.82, 2.24) is 0 Å². The van der Waals surface area contributed by atoms with Crippen LogP contribution in [0.5, 0.6) is 0 Å². The van der Waals surface area contributed by atoms with Gasteiger partial charge in [-0.25, -0.2) is 12.8 Å². The van der Waals surface area contributed by atoms with Crippen LogP contribution >= 0.6 is 22.3 Å². The highest BCUT2D eigenvalue weighted by Gasteiger charge is 2.18. The van der Waals surface area contributed by atoms with Crippen LogP contribution in [-0.2, 0) is 14.9 Å². The molecule has 0 heterocycles. The summed E-state index contributed by atoms with van der Waals surface area (Å²) >= 11 is 5.39. The van der Waals surface area contributed by atoms with Crippen molar-refractivity contribution < 1.29 is 12.8 Å². The maximum atomic E-state index is 13.1. The molecule has 0 aromatic heterocycles. The summed E-state index contributed by atoms with van der Waals surface area (Å²) in [5.41, 5.74) is -0.355. The highest BCUT2D eigenvalue weighted by atomic mass is 35.7. The molecule has 0 amide bonds. The largest absolute Gasteiger partial charge is 0.262 e. The van der Waals surface area contributed by atoms with Gasteiger partial charge in [0.2, 0.25) is 0 Å². The molecule has 1 aromatic carbocycles. The normalized spacial score (nSPS) is 11.1. The zero-order chi connectivity index (χ0) is 11.6. The first-order valence-electron chi connectivity index (χ1n) is 3.63. The van der Waals surface area contributed by atoms with E-state index in [1.165, 1.54) is 0 Å². The summed E-state index contributed by atoms with van der Waals surface area (Å²) in [4.78, 5) is -0.427. The summed E-state index contributed by atoms with van der Waals surface area (Å²) in [5, 5.41) is 8.60. The molecule has 7 heteroatoms. The second kappa shape index (κ2) is 4.35. The SMILES string of the molecule is N#Cc1cc(F)c(CCl)cc1S(=O)(=O)Cl. The Morgan fingerprint density at radius 1 is 1.47 bits per heavy atom. The lowest BCUT2D eigenvalue weighted by atomic mass is 10.1. The molecular formula is C8H4Cl2FNO2S. The Bertz CT molecular complexity index is 536. The molecule has 15 heavy (non-hydrogen) atoms. The highest BCUT2D eigenvalue weighted by Crippen LogP contribution is 2.24. The minimum atomic E-state index is -4.07. The number of benzene rings is 1. The fourth-order valence-electron chi connectivity index (χ4n) is 0.987. The molecule has 3 nitrogen and oxygen atoms in total. The Balaban J connectivity index is 3.59. The van der Waals surface area contributed by atoms with Crippen LogP contribution in [0, 0.1) is 17.1 Å². The van der Waals surface area contributed by atoms with Crippen molar-refractivity contribution in [1.29, 1.82) is 5.26 Å². The third-order valence-electron chi connectivity index (χ3n) is 1.68. The number of rotatable bonds is 2. The number of halogens is 3. The second-order valence-electron chi connectivity index (χ2n) is 2.62. The minimum absolute atomic E-state index is 0.0186. The number of nitriles is 1. The van der Waals surface area contributed by atoms with Gasteiger partial charge in [-0.1, -0.05) is 0 Å². The van der Waals surface area contributed by atoms with Crippen molar-refractivity contribution in [3.8, 4) is 6.07 Å². The van der Waals surface area contributed by atoms with Gasteiger partial charge >= 0.3 is 0 Å². The maximum absolute atomic E-state index is 13.1. The van der Waals surface area contributed by atoms with Crippen molar-refractivity contribution in [3.63, 3.8) is 0 Å². The van der Waals surface area contributed by atoms with E-state index in [0.717, 1.165) is 12.1 Å². The van der Waals surface area contributed by atoms with Gasteiger partial charge in [0.15, 0.2) is 0 Å². The van der Waals surface area contributed by atoms with Crippen LogP contribution in [0.1, 0.15) is 11.1 Å². The van der Waals surface area contributed by atoms with Crippen molar-refractivity contribution in [2.45, 2.75) is 10.8 Å². The van der Waals surface area contributed by atoms with Gasteiger partial charge in [0.25, 0.3) is 9.05 Å². The standard InChI is InChI=1S/C8H4Cl2FNO2S/c9-3-5-2-8(15(10,13)14)6(4-12)1-7(5)11/h1-2H,3H2. The predicted molar refractivity (Wildman–Crippen MR) is 53.7 cm³/mol. The average Bonchev–Trinajstić information content (AvgIpc) is 2.15. The van der Waals surface area contributed by atoms with Gasteiger partial charge in [-0.2, -0.15) is 5.26 Å². The van der Waals surface area contributed by atoms with E-state index in [2.05, 4.69) is 0 Å². The molecule has 0 aliphatic rings. The second-order valence-corrected chi connectivity index (χ2v) is 5.42. The van der Waals surface area contributed by atoms with Gasteiger partial charge in [-0.3, -0.25) is 0 Å². The van der Waals surface area contributed by atoms with Crippen molar-refractivity contribution in [2.75, 3.05) is 0 Å². The van der Waals surface area contributed by atoms with Crippen LogP contribution < -0.4 is 0 Å². The Kier molecular flexibility index (Phi) is 3.55. The molecule has 1 aromatic rings. The first-order chi connectivity index (χ1) is 6.90. The quantitative estimate of drug-likeness (QED) is 0.611. The van der Waals surface area contributed by atoms with Gasteiger partial charge in [-0.05, 0) is 12.1 Å². The van der Waals surface area contributed by atoms with E-state index < -0.39 is 19.8 Å². The van der Waals surface area contributed by atoms with Gasteiger partial charge in [0, 0.05) is 16.2 Å². The Morgan fingerprint density at radius 2 is 2.07 bits per heavy atom. The molecular weight excluding hydrogens is 264 g/mol. The predicted octanol–water partition coefficient (Wildman–Crippen LogP) is 2.36. The van der Waals surface area contributed by atoms with Crippen LogP contribution in [0.2, 0.25) is 0 Å². The molecule has 80 valence electrons. The molecule has 0 aliphatic heterocycles. The lowest BCUT2D eigenvalue weighted by Gasteiger charge is -2.03. The summed E-state index contributed by atoms with van der Waals surface area (Å²) in [6, 6.07) is 3.31. The number of hydrogen-bond acceptors (Lipinski definition) is 3. The van der Waals surface area contributed by atoms with E-state index in [1.54, 1.807) is 6.07 Å². The van der Waals surface area contributed by atoms with E-state index >= 15 is 0 Å². The molecule has 0 N–H and O–H groups in total. The third-order valence-corrected chi connectivity index (χ3v) is 3.33. The lowest BCUT2D eigenvalue weighted by molar-refractivity contribution is 0.604. The fourth-order valence-corrected chi connectivity index (χ4v) is 2.23. The smallest absolute Gasteiger partial charge is 0.207 e.